The zero-order valence-electron chi connectivity index (χ0n) is 16.8. The molecule has 1 saturated heterocycles. The molecule has 2 aromatic heterocycles. The van der Waals surface area contributed by atoms with E-state index in [9.17, 15) is 9.90 Å². The van der Waals surface area contributed by atoms with Crippen LogP contribution in [0.15, 0.2) is 53.5 Å². The summed E-state index contributed by atoms with van der Waals surface area (Å²) in [5.41, 5.74) is 3.04. The molecule has 0 bridgehead atoms. The smallest absolute Gasteiger partial charge is 0.254 e. The Hall–Kier alpha value is -2.99. The van der Waals surface area contributed by atoms with Crippen LogP contribution < -0.4 is 10.5 Å². The van der Waals surface area contributed by atoms with Crippen molar-refractivity contribution in [2.75, 3.05) is 18.0 Å². The third-order valence-corrected chi connectivity index (χ3v) is 5.87. The first-order chi connectivity index (χ1) is 14.0. The molecule has 0 saturated carbocycles. The first-order valence-electron chi connectivity index (χ1n) is 10.0. The van der Waals surface area contributed by atoms with Crippen molar-refractivity contribution >= 4 is 5.82 Å². The van der Waals surface area contributed by atoms with Crippen molar-refractivity contribution in [2.45, 2.75) is 32.8 Å². The normalized spacial score (nSPS) is 16.0. The van der Waals surface area contributed by atoms with Crippen LogP contribution in [0.4, 0.5) is 5.82 Å². The molecular formula is C23H26N4O2. The lowest BCUT2D eigenvalue weighted by molar-refractivity contribution is 0.0929. The van der Waals surface area contributed by atoms with E-state index in [0.717, 1.165) is 48.6 Å². The molecule has 2 N–H and O–H groups in total. The molecule has 0 spiro atoms. The molecule has 4 rings (SSSR count). The minimum absolute atomic E-state index is 0.115. The molecule has 1 aliphatic rings. The lowest BCUT2D eigenvalue weighted by Crippen LogP contribution is -2.36. The van der Waals surface area contributed by atoms with Crippen LogP contribution in [0.25, 0.3) is 11.4 Å². The van der Waals surface area contributed by atoms with Crippen molar-refractivity contribution in [3.8, 4) is 11.4 Å². The molecular weight excluding hydrogens is 364 g/mol. The fourth-order valence-electron chi connectivity index (χ4n) is 3.86. The quantitative estimate of drug-likeness (QED) is 0.714. The number of anilines is 1. The lowest BCUT2D eigenvalue weighted by atomic mass is 9.87. The zero-order valence-corrected chi connectivity index (χ0v) is 16.8. The van der Waals surface area contributed by atoms with Gasteiger partial charge in [0.05, 0.1) is 6.10 Å². The summed E-state index contributed by atoms with van der Waals surface area (Å²) in [7, 11) is 0. The Bertz CT molecular complexity index is 1020. The number of rotatable bonds is 4. The van der Waals surface area contributed by atoms with E-state index in [2.05, 4.69) is 19.9 Å². The molecule has 1 aliphatic heterocycles. The van der Waals surface area contributed by atoms with Crippen molar-refractivity contribution in [3.63, 3.8) is 0 Å². The highest BCUT2D eigenvalue weighted by molar-refractivity contribution is 5.56. The van der Waals surface area contributed by atoms with Gasteiger partial charge in [-0.25, -0.2) is 9.97 Å². The van der Waals surface area contributed by atoms with Crippen LogP contribution in [0.2, 0.25) is 0 Å². The van der Waals surface area contributed by atoms with Gasteiger partial charge in [0.1, 0.15) is 11.6 Å². The van der Waals surface area contributed by atoms with Crippen LogP contribution in [-0.2, 0) is 0 Å². The van der Waals surface area contributed by atoms with E-state index in [0.29, 0.717) is 11.4 Å². The number of piperidine rings is 1. The summed E-state index contributed by atoms with van der Waals surface area (Å²) in [6.07, 6.45) is 3.19. The van der Waals surface area contributed by atoms with Crippen molar-refractivity contribution < 1.29 is 5.11 Å². The minimum Gasteiger partial charge on any atom is -0.388 e. The Morgan fingerprint density at radius 3 is 2.45 bits per heavy atom. The first kappa shape index (κ1) is 19.3. The fourth-order valence-corrected chi connectivity index (χ4v) is 3.86. The van der Waals surface area contributed by atoms with Crippen LogP contribution in [0, 0.1) is 19.8 Å². The summed E-state index contributed by atoms with van der Waals surface area (Å²) in [5.74, 6) is 1.71. The number of pyridine rings is 1. The molecule has 1 atom stereocenters. The van der Waals surface area contributed by atoms with Gasteiger partial charge in [-0.3, -0.25) is 4.79 Å². The first-order valence-corrected chi connectivity index (χ1v) is 10.0. The number of aryl methyl sites for hydroxylation is 1. The molecule has 29 heavy (non-hydrogen) atoms. The van der Waals surface area contributed by atoms with Crippen LogP contribution in [-0.4, -0.2) is 33.1 Å². The van der Waals surface area contributed by atoms with E-state index in [1.54, 1.807) is 13.1 Å². The lowest BCUT2D eigenvalue weighted by Gasteiger charge is -2.35. The SMILES string of the molecule is Cc1nc(-c2ccc(N3CCC(C(O)c4ccccc4)CC3)nc2)[nH]c(=O)c1C. The van der Waals surface area contributed by atoms with E-state index in [4.69, 9.17) is 0 Å². The standard InChI is InChI=1S/C23H26N4O2/c1-15-16(2)25-22(26-23(15)29)19-8-9-20(24-14-19)27-12-10-18(11-13-27)21(28)17-6-4-3-5-7-17/h3-9,14,18,21,28H,10-13H2,1-2H3,(H,25,26,29). The zero-order chi connectivity index (χ0) is 20.4. The molecule has 3 heterocycles. The summed E-state index contributed by atoms with van der Waals surface area (Å²) in [4.78, 5) is 26.1. The highest BCUT2D eigenvalue weighted by atomic mass is 16.3. The molecule has 1 aromatic carbocycles. The molecule has 6 nitrogen and oxygen atoms in total. The molecule has 0 amide bonds. The third kappa shape index (κ3) is 4.07. The number of hydrogen-bond acceptors (Lipinski definition) is 5. The average molecular weight is 390 g/mol. The Labute approximate surface area is 170 Å². The van der Waals surface area contributed by atoms with Gasteiger partial charge in [-0.05, 0) is 50.3 Å². The second-order valence-electron chi connectivity index (χ2n) is 7.71. The number of nitrogens with zero attached hydrogens (tertiary/aromatic N) is 3. The molecule has 150 valence electrons. The highest BCUT2D eigenvalue weighted by Gasteiger charge is 2.26. The summed E-state index contributed by atoms with van der Waals surface area (Å²) in [6.45, 7) is 5.33. The second-order valence-corrected chi connectivity index (χ2v) is 7.71. The highest BCUT2D eigenvalue weighted by Crippen LogP contribution is 2.32. The van der Waals surface area contributed by atoms with Crippen molar-refractivity contribution in [3.05, 3.63) is 75.8 Å². The second kappa shape index (κ2) is 8.17. The number of nitrogens with one attached hydrogen (secondary N) is 1. The molecule has 6 heteroatoms. The number of aliphatic hydroxyl groups is 1. The number of aromatic nitrogens is 3. The maximum atomic E-state index is 12.0. The van der Waals surface area contributed by atoms with Gasteiger partial charge in [0, 0.05) is 36.1 Å². The van der Waals surface area contributed by atoms with Crippen LogP contribution in [0.3, 0.4) is 0 Å². The van der Waals surface area contributed by atoms with Crippen LogP contribution >= 0.6 is 0 Å². The molecule has 1 fully saturated rings. The third-order valence-electron chi connectivity index (χ3n) is 5.87. The molecule has 1 unspecified atom stereocenters. The summed E-state index contributed by atoms with van der Waals surface area (Å²) in [5, 5.41) is 10.7. The number of aliphatic hydroxyl groups excluding tert-OH is 1. The topological polar surface area (TPSA) is 82.1 Å². The summed E-state index contributed by atoms with van der Waals surface area (Å²) >= 11 is 0. The Kier molecular flexibility index (Phi) is 5.45. The minimum atomic E-state index is -0.415. The average Bonchev–Trinajstić information content (AvgIpc) is 2.77. The molecule has 0 aliphatic carbocycles. The van der Waals surface area contributed by atoms with Gasteiger partial charge in [0.15, 0.2) is 0 Å². The number of aromatic amines is 1. The van der Waals surface area contributed by atoms with E-state index in [-0.39, 0.29) is 11.5 Å². The Morgan fingerprint density at radius 1 is 1.10 bits per heavy atom. The van der Waals surface area contributed by atoms with E-state index in [1.165, 1.54) is 0 Å². The van der Waals surface area contributed by atoms with Gasteiger partial charge in [0.2, 0.25) is 0 Å². The predicted octanol–water partition coefficient (Wildman–Crippen LogP) is 3.40. The van der Waals surface area contributed by atoms with Crippen LogP contribution in [0.1, 0.15) is 35.8 Å². The monoisotopic (exact) mass is 390 g/mol. The maximum absolute atomic E-state index is 12.0. The summed E-state index contributed by atoms with van der Waals surface area (Å²) < 4.78 is 0. The summed E-state index contributed by atoms with van der Waals surface area (Å²) in [6, 6.07) is 13.8. The predicted molar refractivity (Wildman–Crippen MR) is 114 cm³/mol. The van der Waals surface area contributed by atoms with E-state index in [1.807, 2.05) is 49.4 Å². The van der Waals surface area contributed by atoms with Crippen molar-refractivity contribution in [2.24, 2.45) is 5.92 Å². The molecule has 0 radical (unpaired) electrons. The van der Waals surface area contributed by atoms with Gasteiger partial charge in [-0.1, -0.05) is 30.3 Å². The maximum Gasteiger partial charge on any atom is 0.254 e. The van der Waals surface area contributed by atoms with Gasteiger partial charge >= 0.3 is 0 Å². The van der Waals surface area contributed by atoms with E-state index >= 15 is 0 Å². The van der Waals surface area contributed by atoms with Gasteiger partial charge < -0.3 is 15.0 Å². The molecule has 3 aromatic rings. The fraction of sp³-hybridized carbons (Fsp3) is 0.348. The van der Waals surface area contributed by atoms with Gasteiger partial charge in [-0.15, -0.1) is 0 Å². The van der Waals surface area contributed by atoms with Gasteiger partial charge in [0.25, 0.3) is 5.56 Å². The largest absolute Gasteiger partial charge is 0.388 e. The van der Waals surface area contributed by atoms with Gasteiger partial charge in [-0.2, -0.15) is 0 Å². The Morgan fingerprint density at radius 2 is 1.83 bits per heavy atom. The number of hydrogen-bond donors (Lipinski definition) is 2. The number of benzene rings is 1. The number of H-pyrrole nitrogens is 1. The van der Waals surface area contributed by atoms with Crippen molar-refractivity contribution in [1.29, 1.82) is 0 Å². The van der Waals surface area contributed by atoms with Crippen molar-refractivity contribution in [1.82, 2.24) is 15.0 Å². The van der Waals surface area contributed by atoms with Crippen LogP contribution in [0.5, 0.6) is 0 Å². The Balaban J connectivity index is 1.42. The van der Waals surface area contributed by atoms with E-state index < -0.39 is 6.10 Å².